The van der Waals surface area contributed by atoms with Crippen LogP contribution in [0.1, 0.15) is 45.6 Å². The quantitative estimate of drug-likeness (QED) is 0.282. The first-order valence-electron chi connectivity index (χ1n) is 10.5. The number of alkyl halides is 2. The first-order chi connectivity index (χ1) is 14.9. The number of aromatic nitrogens is 1. The Morgan fingerprint density at radius 1 is 1.34 bits per heavy atom. The Labute approximate surface area is 194 Å². The number of amides is 1. The Balaban J connectivity index is 1.79. The summed E-state index contributed by atoms with van der Waals surface area (Å²) in [5.41, 5.74) is 0.0951. The van der Waals surface area contributed by atoms with E-state index in [9.17, 15) is 18.4 Å². The lowest BCUT2D eigenvalue weighted by Gasteiger charge is -2.29. The van der Waals surface area contributed by atoms with Crippen LogP contribution in [0.25, 0.3) is 0 Å². The predicted octanol–water partition coefficient (Wildman–Crippen LogP) is 5.59. The lowest BCUT2D eigenvalue weighted by atomic mass is 10.0. The molecule has 2 aliphatic rings. The second kappa shape index (κ2) is 9.29. The number of nitrogens with zero attached hydrogens (tertiary/aromatic N) is 2. The Morgan fingerprint density at radius 3 is 2.62 bits per heavy atom. The number of carbonyl (C=O) groups is 2. The van der Waals surface area contributed by atoms with E-state index in [1.165, 1.54) is 17.1 Å². The Morgan fingerprint density at radius 2 is 2.06 bits per heavy atom. The van der Waals surface area contributed by atoms with E-state index in [-0.39, 0.29) is 30.2 Å². The predicted molar refractivity (Wildman–Crippen MR) is 120 cm³/mol. The zero-order valence-electron chi connectivity index (χ0n) is 18.5. The van der Waals surface area contributed by atoms with Crippen LogP contribution in [0.5, 0.6) is 0 Å². The van der Waals surface area contributed by atoms with Gasteiger partial charge in [-0.15, -0.1) is 0 Å². The van der Waals surface area contributed by atoms with E-state index in [0.717, 1.165) is 11.6 Å². The summed E-state index contributed by atoms with van der Waals surface area (Å²) >= 11 is 2.77. The second-order valence-corrected chi connectivity index (χ2v) is 10.1. The molecule has 0 N–H and O–H groups in total. The van der Waals surface area contributed by atoms with Gasteiger partial charge in [-0.3, -0.25) is 9.69 Å². The van der Waals surface area contributed by atoms with E-state index in [2.05, 4.69) is 20.9 Å². The highest BCUT2D eigenvalue weighted by atomic mass is 79.9. The van der Waals surface area contributed by atoms with Crippen molar-refractivity contribution in [3.63, 3.8) is 0 Å². The van der Waals surface area contributed by atoms with Crippen LogP contribution in [0.2, 0.25) is 0 Å². The summed E-state index contributed by atoms with van der Waals surface area (Å²) in [7, 11) is 0. The van der Waals surface area contributed by atoms with Crippen LogP contribution in [0.4, 0.5) is 19.4 Å². The summed E-state index contributed by atoms with van der Waals surface area (Å²) in [4.78, 5) is 30.4. The average Bonchev–Trinajstić information content (AvgIpc) is 3.47. The molecule has 2 aliphatic carbocycles. The summed E-state index contributed by atoms with van der Waals surface area (Å²) in [6.07, 6.45) is 4.98. The number of hydrogen-bond acceptors (Lipinski definition) is 5. The molecule has 2 unspecified atom stereocenters. The molecule has 6 nitrogen and oxygen atoms in total. The number of rotatable bonds is 6. The summed E-state index contributed by atoms with van der Waals surface area (Å²) in [6, 6.07) is 3.43. The summed E-state index contributed by atoms with van der Waals surface area (Å²) in [5.74, 6) is -1.65. The maximum absolute atomic E-state index is 14.5. The van der Waals surface area contributed by atoms with Crippen LogP contribution >= 0.6 is 15.9 Å². The third kappa shape index (κ3) is 6.15. The molecule has 0 aromatic carbocycles. The van der Waals surface area contributed by atoms with Crippen molar-refractivity contribution < 1.29 is 27.8 Å². The molecule has 0 radical (unpaired) electrons. The molecule has 0 bridgehead atoms. The number of carbonyl (C=O) groups excluding carboxylic acids is 2. The molecule has 1 amide bonds. The van der Waals surface area contributed by atoms with Crippen molar-refractivity contribution in [2.24, 2.45) is 11.8 Å². The molecule has 1 saturated carbocycles. The molecule has 174 valence electrons. The van der Waals surface area contributed by atoms with Crippen LogP contribution < -0.4 is 4.90 Å². The summed E-state index contributed by atoms with van der Waals surface area (Å²) in [6.45, 7) is 7.17. The highest BCUT2D eigenvalue weighted by Gasteiger charge is 2.45. The number of anilines is 1. The van der Waals surface area contributed by atoms with Gasteiger partial charge in [0.15, 0.2) is 0 Å². The fraction of sp³-hybridized carbons (Fsp3) is 0.522. The van der Waals surface area contributed by atoms with Gasteiger partial charge >= 0.3 is 12.1 Å². The molecule has 32 heavy (non-hydrogen) atoms. The highest BCUT2D eigenvalue weighted by Crippen LogP contribution is 2.48. The van der Waals surface area contributed by atoms with Crippen molar-refractivity contribution in [1.82, 2.24) is 4.98 Å². The Kier molecular flexibility index (Phi) is 7.07. The molecule has 9 heteroatoms. The zero-order valence-corrected chi connectivity index (χ0v) is 20.1. The minimum absolute atomic E-state index is 0.0313. The third-order valence-electron chi connectivity index (χ3n) is 5.08. The molecule has 1 aromatic heterocycles. The monoisotopic (exact) mass is 512 g/mol. The molecule has 0 spiro atoms. The molecular weight excluding hydrogens is 486 g/mol. The minimum Gasteiger partial charge on any atom is -0.466 e. The molecule has 0 aliphatic heterocycles. The van der Waals surface area contributed by atoms with Gasteiger partial charge in [-0.05, 0) is 79.7 Å². The van der Waals surface area contributed by atoms with Crippen molar-refractivity contribution >= 4 is 33.8 Å². The SMILES string of the molecule is CCOC(=O)[C@H]1C[C@@H]1c1ccc(N(CC2C=CC(F)(Br)C=C2F)C(=O)OC(C)(C)C)nc1. The van der Waals surface area contributed by atoms with Crippen LogP contribution in [0.15, 0.2) is 42.4 Å². The molecular formula is C23H27BrF2N2O4. The summed E-state index contributed by atoms with van der Waals surface area (Å²) in [5, 5.41) is 0. The van der Waals surface area contributed by atoms with E-state index in [4.69, 9.17) is 9.47 Å². The van der Waals surface area contributed by atoms with Gasteiger partial charge in [-0.25, -0.2) is 18.6 Å². The van der Waals surface area contributed by atoms with Crippen molar-refractivity contribution in [2.45, 2.75) is 50.2 Å². The Hall–Kier alpha value is -2.29. The van der Waals surface area contributed by atoms with E-state index in [1.54, 1.807) is 46.0 Å². The first kappa shape index (κ1) is 24.4. The van der Waals surface area contributed by atoms with E-state index in [1.807, 2.05) is 0 Å². The second-order valence-electron chi connectivity index (χ2n) is 8.91. The molecule has 1 fully saturated rings. The van der Waals surface area contributed by atoms with Gasteiger partial charge in [0.05, 0.1) is 12.5 Å². The molecule has 1 aromatic rings. The summed E-state index contributed by atoms with van der Waals surface area (Å²) < 4.78 is 36.9. The van der Waals surface area contributed by atoms with Crippen molar-refractivity contribution in [1.29, 1.82) is 0 Å². The lowest BCUT2D eigenvalue weighted by Crippen LogP contribution is -2.40. The number of ether oxygens (including phenoxy) is 2. The number of esters is 1. The molecule has 3 rings (SSSR count). The van der Waals surface area contributed by atoms with Crippen LogP contribution in [-0.4, -0.2) is 40.4 Å². The standard InChI is InChI=1S/C23H27BrF2N2O4/c1-5-31-20(29)17-10-16(17)14-6-7-19(27-12-14)28(21(30)32-22(2,3)4)13-15-8-9-23(24,26)11-18(15)25/h6-9,11-12,15-17H,5,10,13H2,1-4H3/t15?,16-,17+,23?/m1/s1. The van der Waals surface area contributed by atoms with Crippen LogP contribution in [0, 0.1) is 11.8 Å². The highest BCUT2D eigenvalue weighted by molar-refractivity contribution is 9.10. The molecule has 4 atom stereocenters. The smallest absolute Gasteiger partial charge is 0.416 e. The minimum atomic E-state index is -2.05. The Bertz CT molecular complexity index is 925. The zero-order chi connectivity index (χ0) is 23.7. The van der Waals surface area contributed by atoms with Crippen LogP contribution in [0.3, 0.4) is 0 Å². The van der Waals surface area contributed by atoms with Gasteiger partial charge in [0.25, 0.3) is 0 Å². The van der Waals surface area contributed by atoms with Gasteiger partial charge < -0.3 is 9.47 Å². The number of hydrogen-bond donors (Lipinski definition) is 0. The lowest BCUT2D eigenvalue weighted by molar-refractivity contribution is -0.144. The van der Waals surface area contributed by atoms with E-state index in [0.29, 0.717) is 13.0 Å². The fourth-order valence-corrected chi connectivity index (χ4v) is 3.82. The number of halogens is 3. The van der Waals surface area contributed by atoms with Gasteiger partial charge in [0.1, 0.15) is 17.2 Å². The van der Waals surface area contributed by atoms with Gasteiger partial charge in [0, 0.05) is 18.7 Å². The van der Waals surface area contributed by atoms with Gasteiger partial charge in [-0.2, -0.15) is 0 Å². The maximum Gasteiger partial charge on any atom is 0.416 e. The van der Waals surface area contributed by atoms with Gasteiger partial charge in [0.2, 0.25) is 4.58 Å². The third-order valence-corrected chi connectivity index (χ3v) is 5.58. The van der Waals surface area contributed by atoms with Crippen LogP contribution in [-0.2, 0) is 14.3 Å². The molecule has 0 saturated heterocycles. The maximum atomic E-state index is 14.5. The topological polar surface area (TPSA) is 68.7 Å². The van der Waals surface area contributed by atoms with E-state index < -0.39 is 28.0 Å². The first-order valence-corrected chi connectivity index (χ1v) is 11.3. The van der Waals surface area contributed by atoms with Gasteiger partial charge in [-0.1, -0.05) is 12.1 Å². The largest absolute Gasteiger partial charge is 0.466 e. The number of pyridine rings is 1. The molecule has 1 heterocycles. The number of allylic oxidation sites excluding steroid dienone is 2. The fourth-order valence-electron chi connectivity index (χ4n) is 3.45. The normalized spacial score (nSPS) is 26.8. The van der Waals surface area contributed by atoms with E-state index >= 15 is 0 Å². The van der Waals surface area contributed by atoms with Crippen molar-refractivity contribution in [3.05, 3.63) is 47.9 Å². The average molecular weight is 513 g/mol. The van der Waals surface area contributed by atoms with Crippen molar-refractivity contribution in [3.8, 4) is 0 Å². The van der Waals surface area contributed by atoms with Crippen molar-refractivity contribution in [2.75, 3.05) is 18.1 Å².